The molecule has 1 atom stereocenters. The zero-order chi connectivity index (χ0) is 13.2. The van der Waals surface area contributed by atoms with Crippen molar-refractivity contribution in [3.63, 3.8) is 0 Å². The molecule has 1 aliphatic rings. The maximum Gasteiger partial charge on any atom is 0.251 e. The topological polar surface area (TPSA) is 68.3 Å². The molecule has 1 aromatic rings. The highest BCUT2D eigenvalue weighted by Crippen LogP contribution is 2.26. The van der Waals surface area contributed by atoms with Crippen LogP contribution in [0.1, 0.15) is 18.5 Å². The molecule has 5 nitrogen and oxygen atoms in total. The lowest BCUT2D eigenvalue weighted by atomic mass is 10.0. The quantitative estimate of drug-likeness (QED) is 0.921. The minimum absolute atomic E-state index is 0.198. The van der Waals surface area contributed by atoms with Gasteiger partial charge in [0.2, 0.25) is 0 Å². The van der Waals surface area contributed by atoms with E-state index in [1.807, 2.05) is 0 Å². The van der Waals surface area contributed by atoms with E-state index in [9.17, 15) is 8.42 Å². The Kier molecular flexibility index (Phi) is 4.60. The number of hydrogen-bond donors (Lipinski definition) is 1. The summed E-state index contributed by atoms with van der Waals surface area (Å²) in [6.07, 6.45) is 1.97. The predicted molar refractivity (Wildman–Crippen MR) is 70.6 cm³/mol. The zero-order valence-electron chi connectivity index (χ0n) is 9.98. The van der Waals surface area contributed by atoms with Gasteiger partial charge < -0.3 is 4.74 Å². The number of halogens is 1. The number of rotatable bonds is 4. The molecule has 0 bridgehead atoms. The van der Waals surface area contributed by atoms with Gasteiger partial charge in [-0.25, -0.2) is 18.1 Å². The standard InChI is InChI=1S/C10H15ClN2O3S2/c1-7-9(17-10(11)13-7)18(14,15)12-5-8-3-2-4-16-6-8/h8,12H,2-6H2,1H3. The van der Waals surface area contributed by atoms with E-state index in [4.69, 9.17) is 16.3 Å². The molecule has 2 heterocycles. The highest BCUT2D eigenvalue weighted by atomic mass is 35.5. The number of nitrogens with one attached hydrogen (secondary N) is 1. The summed E-state index contributed by atoms with van der Waals surface area (Å²) in [5, 5.41) is 0. The Labute approximate surface area is 116 Å². The van der Waals surface area contributed by atoms with Crippen LogP contribution in [0, 0.1) is 12.8 Å². The van der Waals surface area contributed by atoms with Crippen LogP contribution in [0.4, 0.5) is 0 Å². The monoisotopic (exact) mass is 310 g/mol. The van der Waals surface area contributed by atoms with Crippen molar-refractivity contribution in [2.24, 2.45) is 5.92 Å². The van der Waals surface area contributed by atoms with Gasteiger partial charge in [0.1, 0.15) is 0 Å². The molecule has 0 radical (unpaired) electrons. The van der Waals surface area contributed by atoms with E-state index in [0.29, 0.717) is 18.8 Å². The first-order valence-electron chi connectivity index (χ1n) is 5.69. The van der Waals surface area contributed by atoms with Gasteiger partial charge in [-0.1, -0.05) is 22.9 Å². The van der Waals surface area contributed by atoms with Gasteiger partial charge in [-0.2, -0.15) is 0 Å². The molecule has 1 fully saturated rings. The van der Waals surface area contributed by atoms with Crippen molar-refractivity contribution >= 4 is 33.0 Å². The number of nitrogens with zero attached hydrogens (tertiary/aromatic N) is 1. The van der Waals surface area contributed by atoms with Gasteiger partial charge in [0, 0.05) is 13.2 Å². The smallest absolute Gasteiger partial charge is 0.251 e. The van der Waals surface area contributed by atoms with Crippen molar-refractivity contribution in [2.45, 2.75) is 24.0 Å². The second-order valence-electron chi connectivity index (χ2n) is 4.27. The van der Waals surface area contributed by atoms with Crippen molar-refractivity contribution in [3.05, 3.63) is 10.2 Å². The second-order valence-corrected chi connectivity index (χ2v) is 7.82. The van der Waals surface area contributed by atoms with Crippen LogP contribution in [0.25, 0.3) is 0 Å². The van der Waals surface area contributed by atoms with Crippen LogP contribution in [0.15, 0.2) is 4.21 Å². The molecule has 0 saturated carbocycles. The van der Waals surface area contributed by atoms with Gasteiger partial charge in [-0.3, -0.25) is 0 Å². The number of sulfonamides is 1. The SMILES string of the molecule is Cc1nc(Cl)sc1S(=O)(=O)NCC1CCCOC1. The summed E-state index contributed by atoms with van der Waals surface area (Å²) in [7, 11) is -3.50. The van der Waals surface area contributed by atoms with E-state index in [-0.39, 0.29) is 14.6 Å². The van der Waals surface area contributed by atoms with E-state index < -0.39 is 10.0 Å². The molecule has 0 aliphatic carbocycles. The largest absolute Gasteiger partial charge is 0.381 e. The van der Waals surface area contributed by atoms with Gasteiger partial charge in [0.15, 0.2) is 8.68 Å². The Bertz CT molecular complexity index is 509. The number of ether oxygens (including phenoxy) is 1. The highest BCUT2D eigenvalue weighted by molar-refractivity contribution is 7.91. The molecule has 0 spiro atoms. The molecule has 0 aromatic carbocycles. The molecular weight excluding hydrogens is 296 g/mol. The van der Waals surface area contributed by atoms with Crippen molar-refractivity contribution in [2.75, 3.05) is 19.8 Å². The first-order chi connectivity index (χ1) is 8.49. The van der Waals surface area contributed by atoms with E-state index in [1.165, 1.54) is 0 Å². The molecule has 1 N–H and O–H groups in total. The molecule has 102 valence electrons. The molecule has 2 rings (SSSR count). The van der Waals surface area contributed by atoms with Crippen LogP contribution in [-0.4, -0.2) is 33.2 Å². The summed E-state index contributed by atoms with van der Waals surface area (Å²) in [6.45, 7) is 3.43. The molecule has 18 heavy (non-hydrogen) atoms. The molecule has 1 saturated heterocycles. The summed E-state index contributed by atoms with van der Waals surface area (Å²) < 4.78 is 32.5. The minimum atomic E-state index is -3.50. The number of aromatic nitrogens is 1. The number of thiazole rings is 1. The molecule has 1 unspecified atom stereocenters. The zero-order valence-corrected chi connectivity index (χ0v) is 12.4. The van der Waals surface area contributed by atoms with Crippen molar-refractivity contribution < 1.29 is 13.2 Å². The van der Waals surface area contributed by atoms with E-state index in [1.54, 1.807) is 6.92 Å². The molecule has 1 aromatic heterocycles. The van der Waals surface area contributed by atoms with Crippen molar-refractivity contribution in [1.82, 2.24) is 9.71 Å². The summed E-state index contributed by atoms with van der Waals surface area (Å²) in [5.74, 6) is 0.247. The Morgan fingerprint density at radius 1 is 1.61 bits per heavy atom. The Balaban J connectivity index is 2.01. The summed E-state index contributed by atoms with van der Waals surface area (Å²) in [5.41, 5.74) is 0.442. The maximum absolute atomic E-state index is 12.1. The molecule has 1 aliphatic heterocycles. The average Bonchev–Trinajstić information content (AvgIpc) is 2.68. The number of aryl methyl sites for hydroxylation is 1. The van der Waals surface area contributed by atoms with Crippen LogP contribution < -0.4 is 4.72 Å². The first-order valence-corrected chi connectivity index (χ1v) is 8.37. The fourth-order valence-corrected chi connectivity index (χ4v) is 4.76. The van der Waals surface area contributed by atoms with Gasteiger partial charge in [-0.15, -0.1) is 0 Å². The van der Waals surface area contributed by atoms with Crippen LogP contribution in [0.5, 0.6) is 0 Å². The van der Waals surface area contributed by atoms with E-state index in [0.717, 1.165) is 30.8 Å². The highest BCUT2D eigenvalue weighted by Gasteiger charge is 2.23. The lowest BCUT2D eigenvalue weighted by Crippen LogP contribution is -2.33. The lowest BCUT2D eigenvalue weighted by Gasteiger charge is -2.21. The van der Waals surface area contributed by atoms with E-state index >= 15 is 0 Å². The average molecular weight is 311 g/mol. The normalized spacial score (nSPS) is 21.1. The van der Waals surface area contributed by atoms with Gasteiger partial charge in [0.05, 0.1) is 12.3 Å². The van der Waals surface area contributed by atoms with Gasteiger partial charge in [0.25, 0.3) is 10.0 Å². The Morgan fingerprint density at radius 2 is 2.39 bits per heavy atom. The summed E-state index contributed by atoms with van der Waals surface area (Å²) in [6, 6.07) is 0. The summed E-state index contributed by atoms with van der Waals surface area (Å²) >= 11 is 6.70. The molecule has 0 amide bonds. The van der Waals surface area contributed by atoms with Crippen molar-refractivity contribution in [1.29, 1.82) is 0 Å². The Morgan fingerprint density at radius 3 is 2.94 bits per heavy atom. The van der Waals surface area contributed by atoms with Crippen LogP contribution >= 0.6 is 22.9 Å². The fraction of sp³-hybridized carbons (Fsp3) is 0.700. The number of hydrogen-bond acceptors (Lipinski definition) is 5. The maximum atomic E-state index is 12.1. The Hall–Kier alpha value is -0.210. The first kappa shape index (κ1) is 14.2. The van der Waals surface area contributed by atoms with Crippen LogP contribution in [-0.2, 0) is 14.8 Å². The summed E-state index contributed by atoms with van der Waals surface area (Å²) in [4.78, 5) is 3.91. The third kappa shape index (κ3) is 3.42. The third-order valence-corrected chi connectivity index (χ3v) is 6.08. The molecular formula is C10H15ClN2O3S2. The fourth-order valence-electron chi connectivity index (χ4n) is 1.86. The lowest BCUT2D eigenvalue weighted by molar-refractivity contribution is 0.0568. The molecule has 8 heteroatoms. The minimum Gasteiger partial charge on any atom is -0.381 e. The second kappa shape index (κ2) is 5.83. The van der Waals surface area contributed by atoms with Crippen molar-refractivity contribution in [3.8, 4) is 0 Å². The predicted octanol–water partition coefficient (Wildman–Crippen LogP) is 1.81. The van der Waals surface area contributed by atoms with Gasteiger partial charge in [-0.05, 0) is 25.7 Å². The van der Waals surface area contributed by atoms with Crippen LogP contribution in [0.2, 0.25) is 4.47 Å². The van der Waals surface area contributed by atoms with Gasteiger partial charge >= 0.3 is 0 Å². The third-order valence-electron chi connectivity index (χ3n) is 2.79. The van der Waals surface area contributed by atoms with E-state index in [2.05, 4.69) is 9.71 Å². The van der Waals surface area contributed by atoms with Crippen LogP contribution in [0.3, 0.4) is 0 Å².